The van der Waals surface area contributed by atoms with Gasteiger partial charge in [-0.3, -0.25) is 4.62 Å². The molecule has 7 heteroatoms. The molecule has 6 nitrogen and oxygen atoms in total. The Morgan fingerprint density at radius 2 is 1.89 bits per heavy atom. The maximum atomic E-state index is 8.57. The summed E-state index contributed by atoms with van der Waals surface area (Å²) in [5, 5.41) is 8.13. The third kappa shape index (κ3) is 4.61. The second-order valence-electron chi connectivity index (χ2n) is 4.29. The molecule has 0 saturated carbocycles. The van der Waals surface area contributed by atoms with Crippen molar-refractivity contribution < 1.29 is 13.9 Å². The summed E-state index contributed by atoms with van der Waals surface area (Å²) in [6.45, 7) is 6.15. The minimum Gasteiger partial charge on any atom is -0.423 e. The van der Waals surface area contributed by atoms with Gasteiger partial charge in [0.2, 0.25) is 11.8 Å². The Hall–Kier alpha value is -0.550. The van der Waals surface area contributed by atoms with Gasteiger partial charge < -0.3 is 9.31 Å². The van der Waals surface area contributed by atoms with Crippen molar-refractivity contribution in [2.75, 3.05) is 0 Å². The molecule has 1 aromatic heterocycles. The van der Waals surface area contributed by atoms with Crippen LogP contribution in [0.15, 0.2) is 4.42 Å². The van der Waals surface area contributed by atoms with Gasteiger partial charge >= 0.3 is 0 Å². The highest BCUT2D eigenvalue weighted by Crippen LogP contribution is 2.26. The van der Waals surface area contributed by atoms with Gasteiger partial charge in [0.15, 0.2) is 9.03 Å². The van der Waals surface area contributed by atoms with Crippen LogP contribution >= 0.6 is 9.03 Å². The molecule has 0 saturated heterocycles. The molecule has 18 heavy (non-hydrogen) atoms. The molecule has 0 spiro atoms. The molecule has 2 atom stereocenters. The number of hydrogen-bond donors (Lipinski definition) is 2. The van der Waals surface area contributed by atoms with Gasteiger partial charge in [-0.05, 0) is 19.8 Å². The molecule has 1 rings (SSSR count). The maximum absolute atomic E-state index is 8.57. The Bertz CT molecular complexity index is 329. The lowest BCUT2D eigenvalue weighted by atomic mass is 9.98. The number of hydroxylamine groups is 1. The molecule has 0 aliphatic rings. The van der Waals surface area contributed by atoms with Crippen LogP contribution in [0.5, 0.6) is 0 Å². The molecule has 0 aliphatic heterocycles. The van der Waals surface area contributed by atoms with Gasteiger partial charge in [0.1, 0.15) is 6.04 Å². The Morgan fingerprint density at radius 3 is 2.44 bits per heavy atom. The number of hydrogen-bond acceptors (Lipinski definition) is 6. The third-order valence-electron chi connectivity index (χ3n) is 2.73. The van der Waals surface area contributed by atoms with Gasteiger partial charge in [0.25, 0.3) is 0 Å². The van der Waals surface area contributed by atoms with Crippen molar-refractivity contribution in [3.63, 3.8) is 0 Å². The zero-order valence-electron chi connectivity index (χ0n) is 11.1. The number of rotatable bonds is 9. The molecule has 1 heterocycles. The molecule has 0 radical (unpaired) electrons. The van der Waals surface area contributed by atoms with Crippen molar-refractivity contribution in [3.8, 4) is 0 Å². The van der Waals surface area contributed by atoms with Crippen LogP contribution in [0.2, 0.25) is 0 Å². The molecule has 0 amide bonds. The fraction of sp³-hybridized carbons (Fsp3) is 0.818. The molecule has 2 unspecified atom stereocenters. The zero-order valence-corrected chi connectivity index (χ0v) is 12.1. The van der Waals surface area contributed by atoms with E-state index in [1.165, 1.54) is 0 Å². The average molecular weight is 275 g/mol. The molecule has 1 aromatic rings. The fourth-order valence-corrected chi connectivity index (χ4v) is 2.07. The molecule has 0 fully saturated rings. The van der Waals surface area contributed by atoms with E-state index in [-0.39, 0.29) is 6.04 Å². The second kappa shape index (κ2) is 8.53. The highest BCUT2D eigenvalue weighted by Gasteiger charge is 2.19. The van der Waals surface area contributed by atoms with Gasteiger partial charge in [0.05, 0.1) is 0 Å². The summed E-state index contributed by atoms with van der Waals surface area (Å²) in [6, 6.07) is -0.227. The summed E-state index contributed by atoms with van der Waals surface area (Å²) >= 11 is 0. The van der Waals surface area contributed by atoms with Crippen LogP contribution in [0.1, 0.15) is 70.2 Å². The smallest absolute Gasteiger partial charge is 0.235 e. The molecule has 2 N–H and O–H groups in total. The predicted octanol–water partition coefficient (Wildman–Crippen LogP) is 2.84. The second-order valence-corrected chi connectivity index (χ2v) is 4.67. The maximum Gasteiger partial charge on any atom is 0.235 e. The largest absolute Gasteiger partial charge is 0.423 e. The van der Waals surface area contributed by atoms with Crippen LogP contribution < -0.4 is 5.48 Å². The van der Waals surface area contributed by atoms with E-state index >= 15 is 0 Å². The van der Waals surface area contributed by atoms with Crippen LogP contribution in [-0.2, 0) is 4.62 Å². The monoisotopic (exact) mass is 275 g/mol. The molecular formula is C11H22N3O3P. The van der Waals surface area contributed by atoms with Crippen LogP contribution in [0.25, 0.3) is 0 Å². The van der Waals surface area contributed by atoms with Crippen molar-refractivity contribution in [2.24, 2.45) is 0 Å². The lowest BCUT2D eigenvalue weighted by molar-refractivity contribution is 0.157. The van der Waals surface area contributed by atoms with Gasteiger partial charge in [-0.25, -0.2) is 0 Å². The van der Waals surface area contributed by atoms with Crippen molar-refractivity contribution in [3.05, 3.63) is 11.8 Å². The summed E-state index contributed by atoms with van der Waals surface area (Å²) < 4.78 is 10.4. The molecule has 0 aliphatic carbocycles. The fourth-order valence-electron chi connectivity index (χ4n) is 1.84. The Kier molecular flexibility index (Phi) is 7.35. The van der Waals surface area contributed by atoms with Crippen molar-refractivity contribution >= 4 is 9.03 Å². The first-order chi connectivity index (χ1) is 8.72. The summed E-state index contributed by atoms with van der Waals surface area (Å²) in [4.78, 5) is 8.57. The molecule has 104 valence electrons. The molecule has 0 bridgehead atoms. The number of nitrogens with one attached hydrogen (secondary N) is 1. The van der Waals surface area contributed by atoms with Crippen LogP contribution in [0, 0.1) is 0 Å². The third-order valence-corrected chi connectivity index (χ3v) is 2.94. The SMILES string of the molecule is CCCC(CCC)c1nnc(C(C)NOPO)o1. The summed E-state index contributed by atoms with van der Waals surface area (Å²) in [7, 11) is -0.603. The predicted molar refractivity (Wildman–Crippen MR) is 70.0 cm³/mol. The first-order valence-electron chi connectivity index (χ1n) is 6.36. The van der Waals surface area contributed by atoms with E-state index in [0.717, 1.165) is 25.7 Å². The minimum absolute atomic E-state index is 0.227. The quantitative estimate of drug-likeness (QED) is 0.533. The van der Waals surface area contributed by atoms with Crippen molar-refractivity contribution in [1.82, 2.24) is 15.7 Å². The van der Waals surface area contributed by atoms with Gasteiger partial charge in [-0.15, -0.1) is 10.2 Å². The van der Waals surface area contributed by atoms with Gasteiger partial charge in [-0.1, -0.05) is 26.7 Å². The zero-order chi connectivity index (χ0) is 13.4. The minimum atomic E-state index is -0.603. The first-order valence-corrected chi connectivity index (χ1v) is 7.22. The van der Waals surface area contributed by atoms with Crippen molar-refractivity contribution in [1.29, 1.82) is 0 Å². The highest BCUT2D eigenvalue weighted by atomic mass is 31.1. The molecular weight excluding hydrogens is 253 g/mol. The molecule has 0 aromatic carbocycles. The lowest BCUT2D eigenvalue weighted by Crippen LogP contribution is -2.15. The van der Waals surface area contributed by atoms with E-state index in [0.29, 0.717) is 17.7 Å². The van der Waals surface area contributed by atoms with Gasteiger partial charge in [-0.2, -0.15) is 5.48 Å². The van der Waals surface area contributed by atoms with Crippen LogP contribution in [0.3, 0.4) is 0 Å². The topological polar surface area (TPSA) is 80.4 Å². The normalized spacial score (nSPS) is 13.8. The van der Waals surface area contributed by atoms with E-state index in [9.17, 15) is 0 Å². The Labute approximate surface area is 109 Å². The summed E-state index contributed by atoms with van der Waals surface area (Å²) in [5.41, 5.74) is 2.63. The van der Waals surface area contributed by atoms with Crippen molar-refractivity contribution in [2.45, 2.75) is 58.4 Å². The standard InChI is InChI=1S/C11H22N3O3P/c1-4-6-9(7-5-2)11-13-12-10(16-11)8(3)14-17-18-15/h8-9,14-15,18H,4-7H2,1-3H3. The van der Waals surface area contributed by atoms with E-state index in [1.807, 2.05) is 6.92 Å². The summed E-state index contributed by atoms with van der Waals surface area (Å²) in [6.07, 6.45) is 4.33. The van der Waals surface area contributed by atoms with E-state index in [2.05, 4.69) is 29.5 Å². The lowest BCUT2D eigenvalue weighted by Gasteiger charge is -2.10. The Balaban J connectivity index is 2.64. The average Bonchev–Trinajstić information content (AvgIpc) is 2.85. The van der Waals surface area contributed by atoms with E-state index < -0.39 is 9.03 Å². The highest BCUT2D eigenvalue weighted by molar-refractivity contribution is 7.24. The van der Waals surface area contributed by atoms with Crippen LogP contribution in [-0.4, -0.2) is 15.1 Å². The van der Waals surface area contributed by atoms with E-state index in [1.54, 1.807) is 0 Å². The number of aromatic nitrogens is 2. The van der Waals surface area contributed by atoms with Crippen LogP contribution in [0.4, 0.5) is 0 Å². The summed E-state index contributed by atoms with van der Waals surface area (Å²) in [5.74, 6) is 1.53. The van der Waals surface area contributed by atoms with Gasteiger partial charge in [0, 0.05) is 5.92 Å². The Morgan fingerprint density at radius 1 is 1.28 bits per heavy atom. The number of nitrogens with zero attached hydrogens (tertiary/aromatic N) is 2. The first kappa shape index (κ1) is 15.5. The van der Waals surface area contributed by atoms with E-state index in [4.69, 9.17) is 13.9 Å².